The summed E-state index contributed by atoms with van der Waals surface area (Å²) in [7, 11) is 3.96. The average molecular weight is 216 g/mol. The van der Waals surface area contributed by atoms with Crippen molar-refractivity contribution in [2.75, 3.05) is 20.6 Å². The summed E-state index contributed by atoms with van der Waals surface area (Å²) in [5.41, 5.74) is 7.39. The van der Waals surface area contributed by atoms with Crippen molar-refractivity contribution >= 4 is 5.94 Å². The number of nitrogens with zero attached hydrogens (tertiary/aromatic N) is 1. The number of rotatable bonds is 3. The van der Waals surface area contributed by atoms with Crippen molar-refractivity contribution in [3.63, 3.8) is 0 Å². The number of benzene rings is 1. The Kier molecular flexibility index (Phi) is 2.68. The van der Waals surface area contributed by atoms with Crippen LogP contribution in [0, 0.1) is 5.92 Å². The topological polar surface area (TPSA) is 46.3 Å². The minimum Gasteiger partial charge on any atom is -0.317 e. The molecule has 0 heterocycles. The van der Waals surface area contributed by atoms with E-state index in [2.05, 4.69) is 0 Å². The molecule has 0 aliphatic heterocycles. The van der Waals surface area contributed by atoms with Crippen LogP contribution in [0.1, 0.15) is 5.56 Å². The summed E-state index contributed by atoms with van der Waals surface area (Å²) in [4.78, 5) is 12.9. The largest absolute Gasteiger partial charge is 0.317 e. The zero-order chi connectivity index (χ0) is 11.8. The van der Waals surface area contributed by atoms with Crippen molar-refractivity contribution in [1.29, 1.82) is 0 Å². The molecule has 1 fully saturated rings. The van der Waals surface area contributed by atoms with Gasteiger partial charge in [-0.3, -0.25) is 0 Å². The van der Waals surface area contributed by atoms with Crippen LogP contribution in [-0.4, -0.2) is 31.5 Å². The quantitative estimate of drug-likeness (QED) is 0.760. The van der Waals surface area contributed by atoms with Gasteiger partial charge in [-0.2, -0.15) is 0 Å². The molecule has 1 aromatic rings. The molecule has 1 aliphatic rings. The fourth-order valence-electron chi connectivity index (χ4n) is 2.24. The highest BCUT2D eigenvalue weighted by Crippen LogP contribution is 2.53. The standard InChI is InChI=1S/C13H16N2O/c1-15(2)8-11-12(9-16)13(11,14)10-6-4-3-5-7-10/h3-7,11H,8,14H2,1-2H3. The van der Waals surface area contributed by atoms with E-state index in [1.807, 2.05) is 55.3 Å². The van der Waals surface area contributed by atoms with E-state index in [-0.39, 0.29) is 5.92 Å². The molecule has 0 saturated heterocycles. The second kappa shape index (κ2) is 3.87. The minimum atomic E-state index is -0.590. The molecule has 84 valence electrons. The first-order valence-electron chi connectivity index (χ1n) is 5.35. The third-order valence-electron chi connectivity index (χ3n) is 3.17. The lowest BCUT2D eigenvalue weighted by molar-refractivity contribution is 0.372. The lowest BCUT2D eigenvalue weighted by Crippen LogP contribution is -2.27. The van der Waals surface area contributed by atoms with Gasteiger partial charge in [0.1, 0.15) is 5.94 Å². The SMILES string of the molecule is CN(C)CC1C(=C=O)C1(N)c1ccccc1. The number of hydrogen-bond donors (Lipinski definition) is 1. The normalized spacial score (nSPS) is 28.0. The molecule has 2 unspecified atom stereocenters. The monoisotopic (exact) mass is 216 g/mol. The predicted molar refractivity (Wildman–Crippen MR) is 63.6 cm³/mol. The van der Waals surface area contributed by atoms with Crippen LogP contribution in [0.2, 0.25) is 0 Å². The van der Waals surface area contributed by atoms with Crippen LogP contribution in [-0.2, 0) is 10.3 Å². The van der Waals surface area contributed by atoms with Crippen LogP contribution < -0.4 is 5.73 Å². The molecule has 3 heteroatoms. The Morgan fingerprint density at radius 2 is 2.00 bits per heavy atom. The first kappa shape index (κ1) is 11.1. The molecular formula is C13H16N2O. The third-order valence-corrected chi connectivity index (χ3v) is 3.17. The van der Waals surface area contributed by atoms with Gasteiger partial charge in [-0.05, 0) is 19.7 Å². The van der Waals surface area contributed by atoms with Crippen molar-refractivity contribution in [2.24, 2.45) is 11.7 Å². The molecule has 2 rings (SSSR count). The van der Waals surface area contributed by atoms with Gasteiger partial charge >= 0.3 is 0 Å². The first-order valence-corrected chi connectivity index (χ1v) is 5.35. The van der Waals surface area contributed by atoms with Crippen LogP contribution in [0.3, 0.4) is 0 Å². The van der Waals surface area contributed by atoms with E-state index < -0.39 is 5.54 Å². The average Bonchev–Trinajstić information content (AvgIpc) is 2.85. The molecule has 16 heavy (non-hydrogen) atoms. The molecule has 1 aliphatic carbocycles. The van der Waals surface area contributed by atoms with Gasteiger partial charge in [0, 0.05) is 18.0 Å². The van der Waals surface area contributed by atoms with Gasteiger partial charge in [-0.1, -0.05) is 30.3 Å². The first-order chi connectivity index (χ1) is 7.60. The molecule has 0 bridgehead atoms. The van der Waals surface area contributed by atoms with E-state index in [0.29, 0.717) is 5.57 Å². The Morgan fingerprint density at radius 1 is 1.38 bits per heavy atom. The number of carbonyl (C=O) groups excluding carboxylic acids is 1. The zero-order valence-corrected chi connectivity index (χ0v) is 9.60. The highest BCUT2D eigenvalue weighted by molar-refractivity contribution is 5.70. The fraction of sp³-hybridized carbons (Fsp3) is 0.385. The van der Waals surface area contributed by atoms with Crippen LogP contribution in [0.15, 0.2) is 35.9 Å². The molecule has 2 N–H and O–H groups in total. The smallest absolute Gasteiger partial charge is 0.126 e. The lowest BCUT2D eigenvalue weighted by atomic mass is 10.0. The Morgan fingerprint density at radius 3 is 2.50 bits per heavy atom. The van der Waals surface area contributed by atoms with Gasteiger partial charge < -0.3 is 10.6 Å². The number of nitrogens with two attached hydrogens (primary N) is 1. The van der Waals surface area contributed by atoms with Crippen molar-refractivity contribution in [3.05, 3.63) is 41.5 Å². The van der Waals surface area contributed by atoms with Gasteiger partial charge in [-0.15, -0.1) is 0 Å². The summed E-state index contributed by atoms with van der Waals surface area (Å²) < 4.78 is 0. The van der Waals surface area contributed by atoms with E-state index in [1.165, 1.54) is 0 Å². The second-order valence-electron chi connectivity index (χ2n) is 4.57. The summed E-state index contributed by atoms with van der Waals surface area (Å²) in [5.74, 6) is 2.10. The van der Waals surface area contributed by atoms with E-state index >= 15 is 0 Å². The second-order valence-corrected chi connectivity index (χ2v) is 4.57. The highest BCUT2D eigenvalue weighted by atomic mass is 16.1. The molecule has 1 saturated carbocycles. The van der Waals surface area contributed by atoms with Gasteiger partial charge in [0.25, 0.3) is 0 Å². The van der Waals surface area contributed by atoms with Gasteiger partial charge in [0.2, 0.25) is 0 Å². The predicted octanol–water partition coefficient (Wildman–Crippen LogP) is 0.790. The minimum absolute atomic E-state index is 0.0994. The molecule has 2 atom stereocenters. The summed E-state index contributed by atoms with van der Waals surface area (Å²) in [6.07, 6.45) is 0. The maximum atomic E-state index is 10.9. The number of hydrogen-bond acceptors (Lipinski definition) is 3. The summed E-state index contributed by atoms with van der Waals surface area (Å²) in [6.45, 7) is 0.788. The highest BCUT2D eigenvalue weighted by Gasteiger charge is 2.59. The van der Waals surface area contributed by atoms with Crippen LogP contribution in [0.4, 0.5) is 0 Å². The third kappa shape index (κ3) is 1.59. The van der Waals surface area contributed by atoms with Crippen LogP contribution in [0.25, 0.3) is 0 Å². The van der Waals surface area contributed by atoms with Gasteiger partial charge in [-0.25, -0.2) is 4.79 Å². The molecule has 0 radical (unpaired) electrons. The van der Waals surface area contributed by atoms with Crippen molar-refractivity contribution < 1.29 is 4.79 Å². The van der Waals surface area contributed by atoms with Crippen molar-refractivity contribution in [3.8, 4) is 0 Å². The van der Waals surface area contributed by atoms with E-state index in [4.69, 9.17) is 5.73 Å². The van der Waals surface area contributed by atoms with Gasteiger partial charge in [0.05, 0.1) is 5.54 Å². The van der Waals surface area contributed by atoms with Crippen LogP contribution >= 0.6 is 0 Å². The summed E-state index contributed by atoms with van der Waals surface area (Å²) in [6, 6.07) is 9.76. The van der Waals surface area contributed by atoms with Crippen molar-refractivity contribution in [2.45, 2.75) is 5.54 Å². The van der Waals surface area contributed by atoms with E-state index in [0.717, 1.165) is 12.1 Å². The zero-order valence-electron chi connectivity index (χ0n) is 9.60. The van der Waals surface area contributed by atoms with E-state index in [9.17, 15) is 4.79 Å². The molecule has 3 nitrogen and oxygen atoms in total. The molecule has 0 aromatic heterocycles. The maximum absolute atomic E-state index is 10.9. The lowest BCUT2D eigenvalue weighted by Gasteiger charge is -2.13. The molecular weight excluding hydrogens is 200 g/mol. The van der Waals surface area contributed by atoms with Gasteiger partial charge in [0.15, 0.2) is 0 Å². The van der Waals surface area contributed by atoms with Crippen molar-refractivity contribution in [1.82, 2.24) is 4.90 Å². The molecule has 0 amide bonds. The molecule has 0 spiro atoms. The summed E-state index contributed by atoms with van der Waals surface area (Å²) >= 11 is 0. The summed E-state index contributed by atoms with van der Waals surface area (Å²) in [5, 5.41) is 0. The maximum Gasteiger partial charge on any atom is 0.126 e. The Labute approximate surface area is 95.6 Å². The van der Waals surface area contributed by atoms with E-state index in [1.54, 1.807) is 0 Å². The molecule has 1 aromatic carbocycles. The Hall–Kier alpha value is -1.41. The van der Waals surface area contributed by atoms with Crippen LogP contribution in [0.5, 0.6) is 0 Å². The Bertz CT molecular complexity index is 435. The Balaban J connectivity index is 2.31. The fourth-order valence-corrected chi connectivity index (χ4v) is 2.24.